The van der Waals surface area contributed by atoms with Gasteiger partial charge in [-0.15, -0.1) is 0 Å². The van der Waals surface area contributed by atoms with Crippen molar-refractivity contribution in [1.82, 2.24) is 15.0 Å². The first-order valence-electron chi connectivity index (χ1n) is 8.52. The molecule has 134 valence electrons. The highest BCUT2D eigenvalue weighted by Crippen LogP contribution is 2.19. The minimum Gasteiger partial charge on any atom is -0.507 e. The van der Waals surface area contributed by atoms with Crippen LogP contribution in [0.15, 0.2) is 41.5 Å². The highest BCUT2D eigenvalue weighted by molar-refractivity contribution is 6.03. The lowest BCUT2D eigenvalue weighted by atomic mass is 10.1. The van der Waals surface area contributed by atoms with E-state index in [9.17, 15) is 9.90 Å². The average Bonchev–Trinajstić information content (AvgIpc) is 2.95. The predicted octanol–water partition coefficient (Wildman–Crippen LogP) is 3.53. The molecule has 0 bridgehead atoms. The zero-order valence-corrected chi connectivity index (χ0v) is 15.4. The van der Waals surface area contributed by atoms with E-state index in [1.165, 1.54) is 0 Å². The Kier molecular flexibility index (Phi) is 4.75. The van der Waals surface area contributed by atoms with Gasteiger partial charge in [0.1, 0.15) is 11.6 Å². The van der Waals surface area contributed by atoms with Crippen molar-refractivity contribution in [1.29, 1.82) is 0 Å². The van der Waals surface area contributed by atoms with E-state index in [0.29, 0.717) is 16.8 Å². The zero-order chi connectivity index (χ0) is 18.8. The molecular weight excluding hydrogens is 328 g/mol. The first-order chi connectivity index (χ1) is 12.4. The van der Waals surface area contributed by atoms with Gasteiger partial charge >= 0.3 is 0 Å². The molecule has 0 aliphatic carbocycles. The van der Waals surface area contributed by atoms with Gasteiger partial charge in [-0.25, -0.2) is 10.4 Å². The average molecular weight is 350 g/mol. The van der Waals surface area contributed by atoms with Gasteiger partial charge in [0.2, 0.25) is 0 Å². The van der Waals surface area contributed by atoms with Crippen molar-refractivity contribution in [3.63, 3.8) is 0 Å². The van der Waals surface area contributed by atoms with Crippen LogP contribution in [0.5, 0.6) is 5.75 Å². The first kappa shape index (κ1) is 17.7. The number of phenols is 1. The monoisotopic (exact) mass is 350 g/mol. The molecule has 1 heterocycles. The highest BCUT2D eigenvalue weighted by atomic mass is 16.3. The Balaban J connectivity index is 1.83. The second kappa shape index (κ2) is 7.00. The maximum Gasteiger partial charge on any atom is 0.271 e. The molecule has 6 nitrogen and oxygen atoms in total. The first-order valence-corrected chi connectivity index (χ1v) is 8.52. The summed E-state index contributed by atoms with van der Waals surface area (Å²) in [5, 5.41) is 14.1. The van der Waals surface area contributed by atoms with Crippen LogP contribution < -0.4 is 5.43 Å². The number of benzene rings is 2. The van der Waals surface area contributed by atoms with Crippen LogP contribution in [0.3, 0.4) is 0 Å². The molecule has 0 atom stereocenters. The Morgan fingerprint density at radius 3 is 2.73 bits per heavy atom. The maximum absolute atomic E-state index is 12.4. The molecule has 0 aliphatic rings. The summed E-state index contributed by atoms with van der Waals surface area (Å²) in [7, 11) is 0. The van der Waals surface area contributed by atoms with Gasteiger partial charge in [0.15, 0.2) is 0 Å². The zero-order valence-electron chi connectivity index (χ0n) is 15.4. The third-order valence-electron chi connectivity index (χ3n) is 4.38. The Hall–Kier alpha value is -3.15. The third-order valence-corrected chi connectivity index (χ3v) is 4.38. The number of nitrogens with one attached hydrogen (secondary N) is 1. The van der Waals surface area contributed by atoms with Crippen molar-refractivity contribution in [2.45, 2.75) is 34.2 Å². The van der Waals surface area contributed by atoms with Crippen LogP contribution in [-0.4, -0.2) is 26.3 Å². The third kappa shape index (κ3) is 3.31. The summed E-state index contributed by atoms with van der Waals surface area (Å²) in [5.41, 5.74) is 6.96. The second-order valence-electron chi connectivity index (χ2n) is 6.27. The molecule has 3 rings (SSSR count). The number of hydrogen-bond donors (Lipinski definition) is 2. The SMILES string of the molecule is CCn1c(C)nc2cc(C(=O)N/N=C(/C)c3cc(C)ccc3O)ccc21. The van der Waals surface area contributed by atoms with Gasteiger partial charge in [-0.05, 0) is 58.0 Å². The summed E-state index contributed by atoms with van der Waals surface area (Å²) in [6.07, 6.45) is 0. The molecule has 0 saturated heterocycles. The highest BCUT2D eigenvalue weighted by Gasteiger charge is 2.11. The molecule has 26 heavy (non-hydrogen) atoms. The van der Waals surface area contributed by atoms with Crippen molar-refractivity contribution in [3.8, 4) is 5.75 Å². The van der Waals surface area contributed by atoms with Crippen LogP contribution in [0.1, 0.15) is 41.2 Å². The van der Waals surface area contributed by atoms with Crippen molar-refractivity contribution in [3.05, 3.63) is 58.9 Å². The number of amides is 1. The number of fused-ring (bicyclic) bond motifs is 1. The van der Waals surface area contributed by atoms with Crippen molar-refractivity contribution in [2.75, 3.05) is 0 Å². The topological polar surface area (TPSA) is 79.5 Å². The summed E-state index contributed by atoms with van der Waals surface area (Å²) in [5.74, 6) is 0.735. The van der Waals surface area contributed by atoms with Gasteiger partial charge in [0, 0.05) is 17.7 Å². The molecule has 0 fully saturated rings. The van der Waals surface area contributed by atoms with Crippen LogP contribution in [0, 0.1) is 13.8 Å². The fourth-order valence-electron chi connectivity index (χ4n) is 2.99. The maximum atomic E-state index is 12.4. The number of carbonyl (C=O) groups is 1. The molecule has 3 aromatic rings. The molecule has 0 unspecified atom stereocenters. The summed E-state index contributed by atoms with van der Waals surface area (Å²) in [6.45, 7) is 8.52. The number of nitrogens with zero attached hydrogens (tertiary/aromatic N) is 3. The van der Waals surface area contributed by atoms with Gasteiger partial charge in [-0.2, -0.15) is 5.10 Å². The number of hydrazone groups is 1. The van der Waals surface area contributed by atoms with E-state index in [1.807, 2.05) is 32.0 Å². The number of aromatic nitrogens is 2. The second-order valence-corrected chi connectivity index (χ2v) is 6.27. The molecule has 1 amide bonds. The predicted molar refractivity (Wildman–Crippen MR) is 103 cm³/mol. The van der Waals surface area contributed by atoms with Crippen molar-refractivity contribution < 1.29 is 9.90 Å². The minimum atomic E-state index is -0.318. The fraction of sp³-hybridized carbons (Fsp3) is 0.250. The summed E-state index contributed by atoms with van der Waals surface area (Å²) < 4.78 is 2.10. The molecule has 0 spiro atoms. The van der Waals surface area contributed by atoms with Crippen LogP contribution in [-0.2, 0) is 6.54 Å². The van der Waals surface area contributed by atoms with E-state index in [2.05, 4.69) is 27.0 Å². The number of aromatic hydroxyl groups is 1. The summed E-state index contributed by atoms with van der Waals surface area (Å²) in [4.78, 5) is 16.9. The normalized spacial score (nSPS) is 11.8. The lowest BCUT2D eigenvalue weighted by Gasteiger charge is -2.06. The Bertz CT molecular complexity index is 1020. The Labute approximate surface area is 152 Å². The summed E-state index contributed by atoms with van der Waals surface area (Å²) >= 11 is 0. The van der Waals surface area contributed by atoms with E-state index in [4.69, 9.17) is 0 Å². The molecule has 6 heteroatoms. The largest absolute Gasteiger partial charge is 0.507 e. The van der Waals surface area contributed by atoms with Gasteiger partial charge in [-0.1, -0.05) is 11.6 Å². The van der Waals surface area contributed by atoms with Crippen LogP contribution >= 0.6 is 0 Å². The number of carbonyl (C=O) groups excluding carboxylic acids is 1. The lowest BCUT2D eigenvalue weighted by molar-refractivity contribution is 0.0955. The standard InChI is InChI=1S/C20H22N4O2/c1-5-24-14(4)21-17-11-15(7-8-18(17)24)20(26)23-22-13(3)16-10-12(2)6-9-19(16)25/h6-11,25H,5H2,1-4H3,(H,23,26)/b22-13-. The molecular formula is C20H22N4O2. The molecule has 2 N–H and O–H groups in total. The number of hydrogen-bond acceptors (Lipinski definition) is 4. The van der Waals surface area contributed by atoms with Crippen molar-refractivity contribution >= 4 is 22.7 Å². The fourth-order valence-corrected chi connectivity index (χ4v) is 2.99. The smallest absolute Gasteiger partial charge is 0.271 e. The van der Waals surface area contributed by atoms with E-state index < -0.39 is 0 Å². The lowest BCUT2D eigenvalue weighted by Crippen LogP contribution is -2.19. The van der Waals surface area contributed by atoms with Gasteiger partial charge in [0.25, 0.3) is 5.91 Å². The Morgan fingerprint density at radius 1 is 1.23 bits per heavy atom. The molecule has 1 aromatic heterocycles. The van der Waals surface area contributed by atoms with Crippen LogP contribution in [0.2, 0.25) is 0 Å². The quantitative estimate of drug-likeness (QED) is 0.558. The molecule has 0 radical (unpaired) electrons. The minimum absolute atomic E-state index is 0.132. The molecule has 0 aliphatic heterocycles. The van der Waals surface area contributed by atoms with Crippen molar-refractivity contribution in [2.24, 2.45) is 5.10 Å². The molecule has 0 saturated carbocycles. The number of aryl methyl sites for hydroxylation is 3. The Morgan fingerprint density at radius 2 is 2.00 bits per heavy atom. The van der Waals surface area contributed by atoms with Gasteiger partial charge in [0.05, 0.1) is 16.7 Å². The number of rotatable bonds is 4. The van der Waals surface area contributed by atoms with Crippen LogP contribution in [0.25, 0.3) is 11.0 Å². The number of imidazole rings is 1. The van der Waals surface area contributed by atoms with E-state index in [-0.39, 0.29) is 11.7 Å². The number of phenolic OH excluding ortho intramolecular Hbond substituents is 1. The molecule has 2 aromatic carbocycles. The van der Waals surface area contributed by atoms with E-state index in [1.54, 1.807) is 25.1 Å². The van der Waals surface area contributed by atoms with Gasteiger partial charge in [-0.3, -0.25) is 4.79 Å². The van der Waals surface area contributed by atoms with Gasteiger partial charge < -0.3 is 9.67 Å². The van der Waals surface area contributed by atoms with Crippen LogP contribution in [0.4, 0.5) is 0 Å². The summed E-state index contributed by atoms with van der Waals surface area (Å²) in [6, 6.07) is 10.7. The van der Waals surface area contributed by atoms with E-state index >= 15 is 0 Å². The van der Waals surface area contributed by atoms with E-state index in [0.717, 1.165) is 29.0 Å².